The van der Waals surface area contributed by atoms with Gasteiger partial charge in [0.15, 0.2) is 11.9 Å². The van der Waals surface area contributed by atoms with Crippen molar-refractivity contribution >= 4 is 34.8 Å². The standard InChI is InChI=1S/C12H14ClN3O2S/c13-8-1-3-9(4-2-8)14-11-10(17)7-15-5-6-19-12(15)16(11)18/h1-4,11-12,14,18H,5-7H2. The van der Waals surface area contributed by atoms with Crippen molar-refractivity contribution in [2.24, 2.45) is 0 Å². The van der Waals surface area contributed by atoms with E-state index in [2.05, 4.69) is 5.32 Å². The lowest BCUT2D eigenvalue weighted by atomic mass is 10.2. The number of thioether (sulfide) groups is 1. The summed E-state index contributed by atoms with van der Waals surface area (Å²) in [6.45, 7) is 1.21. The van der Waals surface area contributed by atoms with Crippen LogP contribution in [0.25, 0.3) is 0 Å². The van der Waals surface area contributed by atoms with Crippen molar-refractivity contribution in [3.05, 3.63) is 29.3 Å². The zero-order valence-corrected chi connectivity index (χ0v) is 11.7. The van der Waals surface area contributed by atoms with E-state index >= 15 is 0 Å². The van der Waals surface area contributed by atoms with E-state index in [0.717, 1.165) is 23.0 Å². The fourth-order valence-electron chi connectivity index (χ4n) is 2.30. The molecule has 2 unspecified atom stereocenters. The summed E-state index contributed by atoms with van der Waals surface area (Å²) < 4.78 is 0. The molecule has 0 aromatic heterocycles. The highest BCUT2D eigenvalue weighted by Gasteiger charge is 2.43. The smallest absolute Gasteiger partial charge is 0.186 e. The first kappa shape index (κ1) is 13.2. The third-order valence-electron chi connectivity index (χ3n) is 3.26. The van der Waals surface area contributed by atoms with Gasteiger partial charge in [0.25, 0.3) is 0 Å². The Labute approximate surface area is 120 Å². The summed E-state index contributed by atoms with van der Waals surface area (Å²) in [6, 6.07) is 7.07. The van der Waals surface area contributed by atoms with Crippen molar-refractivity contribution in [3.8, 4) is 0 Å². The molecule has 19 heavy (non-hydrogen) atoms. The van der Waals surface area contributed by atoms with E-state index in [-0.39, 0.29) is 11.3 Å². The van der Waals surface area contributed by atoms with Gasteiger partial charge in [0.2, 0.25) is 0 Å². The molecular formula is C12H14ClN3O2S. The quantitative estimate of drug-likeness (QED) is 0.867. The Morgan fingerprint density at radius 2 is 2.11 bits per heavy atom. The van der Waals surface area contributed by atoms with E-state index < -0.39 is 6.17 Å². The highest BCUT2D eigenvalue weighted by Crippen LogP contribution is 2.31. The first-order valence-electron chi connectivity index (χ1n) is 6.03. The van der Waals surface area contributed by atoms with Crippen LogP contribution in [-0.2, 0) is 4.79 Å². The minimum Gasteiger partial charge on any atom is -0.362 e. The monoisotopic (exact) mass is 299 g/mol. The third-order valence-corrected chi connectivity index (χ3v) is 4.74. The maximum absolute atomic E-state index is 12.1. The van der Waals surface area contributed by atoms with Crippen molar-refractivity contribution in [2.75, 3.05) is 24.2 Å². The first-order chi connectivity index (χ1) is 9.15. The highest BCUT2D eigenvalue weighted by atomic mass is 35.5. The second-order valence-electron chi connectivity index (χ2n) is 4.57. The number of nitrogens with one attached hydrogen (secondary N) is 1. The number of hydrogen-bond donors (Lipinski definition) is 2. The van der Waals surface area contributed by atoms with Crippen LogP contribution in [0.4, 0.5) is 5.69 Å². The first-order valence-corrected chi connectivity index (χ1v) is 7.45. The highest BCUT2D eigenvalue weighted by molar-refractivity contribution is 8.00. The van der Waals surface area contributed by atoms with Crippen molar-refractivity contribution in [1.82, 2.24) is 9.96 Å². The molecule has 1 aromatic rings. The van der Waals surface area contributed by atoms with Gasteiger partial charge in [-0.15, -0.1) is 16.8 Å². The molecule has 0 radical (unpaired) electrons. The number of halogens is 1. The predicted octanol–water partition coefficient (Wildman–Crippen LogP) is 1.68. The van der Waals surface area contributed by atoms with E-state index in [0.29, 0.717) is 11.6 Å². The van der Waals surface area contributed by atoms with Gasteiger partial charge in [-0.05, 0) is 24.3 Å². The molecular weight excluding hydrogens is 286 g/mol. The lowest BCUT2D eigenvalue weighted by molar-refractivity contribution is -0.186. The van der Waals surface area contributed by atoms with Crippen LogP contribution >= 0.6 is 23.4 Å². The topological polar surface area (TPSA) is 55.8 Å². The second kappa shape index (κ2) is 5.30. The number of rotatable bonds is 2. The number of carbonyl (C=O) groups is 1. The number of hydroxylamine groups is 2. The molecule has 2 heterocycles. The summed E-state index contributed by atoms with van der Waals surface area (Å²) in [7, 11) is 0. The number of anilines is 1. The Hall–Kier alpha value is -0.790. The summed E-state index contributed by atoms with van der Waals surface area (Å²) in [4.78, 5) is 14.1. The van der Waals surface area contributed by atoms with Gasteiger partial charge in [-0.2, -0.15) is 0 Å². The SMILES string of the molecule is O=C1CN2CCSC2N(O)C1Nc1ccc(Cl)cc1. The Bertz CT molecular complexity index is 484. The zero-order valence-electron chi connectivity index (χ0n) is 10.1. The average Bonchev–Trinajstić information content (AvgIpc) is 2.85. The van der Waals surface area contributed by atoms with Crippen molar-refractivity contribution in [1.29, 1.82) is 0 Å². The Morgan fingerprint density at radius 3 is 2.84 bits per heavy atom. The van der Waals surface area contributed by atoms with Crippen LogP contribution in [0.2, 0.25) is 5.02 Å². The normalized spacial score (nSPS) is 28.4. The Morgan fingerprint density at radius 1 is 1.37 bits per heavy atom. The lowest BCUT2D eigenvalue weighted by Crippen LogP contribution is -2.60. The van der Waals surface area contributed by atoms with Gasteiger partial charge >= 0.3 is 0 Å². The molecule has 2 atom stereocenters. The van der Waals surface area contributed by atoms with Gasteiger partial charge in [-0.25, -0.2) is 0 Å². The number of fused-ring (bicyclic) bond motifs is 1. The minimum atomic E-state index is -0.701. The van der Waals surface area contributed by atoms with Crippen molar-refractivity contribution in [2.45, 2.75) is 11.7 Å². The molecule has 3 rings (SSSR count). The fraction of sp³-hybridized carbons (Fsp3) is 0.417. The second-order valence-corrected chi connectivity index (χ2v) is 6.17. The van der Waals surface area contributed by atoms with Gasteiger partial charge < -0.3 is 10.5 Å². The van der Waals surface area contributed by atoms with E-state index in [1.165, 1.54) is 0 Å². The summed E-state index contributed by atoms with van der Waals surface area (Å²) in [5, 5.41) is 15.0. The molecule has 2 aliphatic heterocycles. The third kappa shape index (κ3) is 2.59. The van der Waals surface area contributed by atoms with Crippen molar-refractivity contribution in [3.63, 3.8) is 0 Å². The van der Waals surface area contributed by atoms with E-state index in [9.17, 15) is 10.0 Å². The summed E-state index contributed by atoms with van der Waals surface area (Å²) in [6.07, 6.45) is -0.701. The number of Topliss-reactive ketones (excluding diaryl/α,β-unsaturated/α-hetero) is 1. The number of nitrogens with zero attached hydrogens (tertiary/aromatic N) is 2. The zero-order chi connectivity index (χ0) is 13.4. The van der Waals surface area contributed by atoms with Crippen LogP contribution in [0.15, 0.2) is 24.3 Å². The maximum atomic E-state index is 12.1. The van der Waals surface area contributed by atoms with Gasteiger partial charge in [0.05, 0.1) is 6.54 Å². The van der Waals surface area contributed by atoms with Crippen LogP contribution in [0.1, 0.15) is 0 Å². The van der Waals surface area contributed by atoms with Crippen LogP contribution in [-0.4, -0.2) is 51.5 Å². The molecule has 7 heteroatoms. The largest absolute Gasteiger partial charge is 0.362 e. The average molecular weight is 300 g/mol. The molecule has 0 spiro atoms. The molecule has 2 N–H and O–H groups in total. The van der Waals surface area contributed by atoms with Crippen LogP contribution < -0.4 is 5.32 Å². The molecule has 2 saturated heterocycles. The lowest BCUT2D eigenvalue weighted by Gasteiger charge is -2.39. The number of hydrogen-bond acceptors (Lipinski definition) is 6. The molecule has 0 bridgehead atoms. The van der Waals surface area contributed by atoms with E-state index in [4.69, 9.17) is 11.6 Å². The summed E-state index contributed by atoms with van der Waals surface area (Å²) in [5.41, 5.74) is 0.626. The van der Waals surface area contributed by atoms with Crippen LogP contribution in [0, 0.1) is 0 Å². The molecule has 0 saturated carbocycles. The fourth-order valence-corrected chi connectivity index (χ4v) is 3.65. The Kier molecular flexibility index (Phi) is 3.68. The van der Waals surface area contributed by atoms with Gasteiger partial charge in [-0.1, -0.05) is 11.6 Å². The van der Waals surface area contributed by atoms with Crippen LogP contribution in [0.3, 0.4) is 0 Å². The molecule has 5 nitrogen and oxygen atoms in total. The van der Waals surface area contributed by atoms with Gasteiger partial charge in [0, 0.05) is 23.0 Å². The van der Waals surface area contributed by atoms with Gasteiger partial charge in [-0.3, -0.25) is 9.69 Å². The molecule has 1 aromatic carbocycles. The molecule has 2 fully saturated rings. The van der Waals surface area contributed by atoms with E-state index in [1.807, 2.05) is 4.90 Å². The minimum absolute atomic E-state index is 0.0313. The Balaban J connectivity index is 1.76. The van der Waals surface area contributed by atoms with Crippen LogP contribution in [0.5, 0.6) is 0 Å². The summed E-state index contributed by atoms with van der Waals surface area (Å²) >= 11 is 7.46. The number of carbonyl (C=O) groups excluding carboxylic acids is 1. The molecule has 102 valence electrons. The molecule has 2 aliphatic rings. The van der Waals surface area contributed by atoms with Crippen molar-refractivity contribution < 1.29 is 10.0 Å². The van der Waals surface area contributed by atoms with Gasteiger partial charge in [0.1, 0.15) is 5.50 Å². The number of ketones is 1. The predicted molar refractivity (Wildman–Crippen MR) is 75.3 cm³/mol. The molecule has 0 amide bonds. The number of benzene rings is 1. The maximum Gasteiger partial charge on any atom is 0.186 e. The van der Waals surface area contributed by atoms with E-state index in [1.54, 1.807) is 36.0 Å². The summed E-state index contributed by atoms with van der Waals surface area (Å²) in [5.74, 6) is 0.902. The molecule has 0 aliphatic carbocycles.